The number of carbonyl (C=O) groups is 2. The van der Waals surface area contributed by atoms with E-state index >= 15 is 0 Å². The van der Waals surface area contributed by atoms with Crippen LogP contribution in [0.25, 0.3) is 0 Å². The topological polar surface area (TPSA) is 63.6 Å². The number of carboxylic acids is 1. The summed E-state index contributed by atoms with van der Waals surface area (Å²) in [5.41, 5.74) is 0. The quantitative estimate of drug-likeness (QED) is 0.0498. The molecule has 0 aromatic carbocycles. The summed E-state index contributed by atoms with van der Waals surface area (Å²) in [5.74, 6) is -0.689. The smallest absolute Gasteiger partial charge is 0.306 e. The highest BCUT2D eigenvalue weighted by Gasteiger charge is 2.14. The van der Waals surface area contributed by atoms with E-state index in [0.717, 1.165) is 89.9 Å². The standard InChI is InChI=1S/C38H66O4/c1-3-5-7-9-10-11-12-13-14-15-16-21-24-27-31-35-38(41)42-36(32-28-8-6-4-2)33-29-25-22-19-17-18-20-23-26-30-34-37(39)40/h5,7,10-11,13-14,16,21,36H,3-4,6,8-9,12,15,17-20,22-35H2,1-2H3,(H,39,40)/b7-5-,11-10-,14-13-,21-16-. The summed E-state index contributed by atoms with van der Waals surface area (Å²) < 4.78 is 5.94. The maximum absolute atomic E-state index is 12.5. The van der Waals surface area contributed by atoms with Gasteiger partial charge in [-0.15, -0.1) is 0 Å². The summed E-state index contributed by atoms with van der Waals surface area (Å²) in [5, 5.41) is 8.68. The number of carboxylic acid groups (broad SMARTS) is 1. The van der Waals surface area contributed by atoms with Crippen molar-refractivity contribution in [2.24, 2.45) is 0 Å². The van der Waals surface area contributed by atoms with Crippen LogP contribution in [0.3, 0.4) is 0 Å². The molecule has 242 valence electrons. The van der Waals surface area contributed by atoms with E-state index in [-0.39, 0.29) is 12.1 Å². The van der Waals surface area contributed by atoms with Gasteiger partial charge in [-0.2, -0.15) is 0 Å². The van der Waals surface area contributed by atoms with E-state index in [1.54, 1.807) is 0 Å². The number of rotatable bonds is 31. The average molecular weight is 587 g/mol. The molecule has 0 spiro atoms. The van der Waals surface area contributed by atoms with E-state index < -0.39 is 5.97 Å². The first-order valence-corrected chi connectivity index (χ1v) is 17.6. The summed E-state index contributed by atoms with van der Waals surface area (Å²) in [4.78, 5) is 23.1. The second-order valence-electron chi connectivity index (χ2n) is 11.7. The lowest BCUT2D eigenvalue weighted by Crippen LogP contribution is -2.18. The molecule has 0 amide bonds. The van der Waals surface area contributed by atoms with Gasteiger partial charge in [0.1, 0.15) is 6.10 Å². The fraction of sp³-hybridized carbons (Fsp3) is 0.737. The Morgan fingerprint density at radius 2 is 1.00 bits per heavy atom. The van der Waals surface area contributed by atoms with Gasteiger partial charge >= 0.3 is 11.9 Å². The minimum Gasteiger partial charge on any atom is -0.481 e. The Hall–Kier alpha value is -2.10. The maximum atomic E-state index is 12.5. The van der Waals surface area contributed by atoms with Gasteiger partial charge in [0.05, 0.1) is 0 Å². The number of ether oxygens (including phenoxy) is 1. The molecule has 0 aliphatic rings. The SMILES string of the molecule is CC/C=C\C/C=C\C/C=C\C/C=C\CCCCC(=O)OC(CCCCCC)CCCCCCCCCCCCC(=O)O. The van der Waals surface area contributed by atoms with Crippen molar-refractivity contribution in [3.63, 3.8) is 0 Å². The van der Waals surface area contributed by atoms with Gasteiger partial charge in [-0.05, 0) is 77.0 Å². The molecule has 42 heavy (non-hydrogen) atoms. The van der Waals surface area contributed by atoms with Gasteiger partial charge < -0.3 is 9.84 Å². The summed E-state index contributed by atoms with van der Waals surface area (Å²) in [6, 6.07) is 0. The molecule has 1 N–H and O–H groups in total. The fourth-order valence-corrected chi connectivity index (χ4v) is 5.00. The zero-order valence-electron chi connectivity index (χ0n) is 27.5. The monoisotopic (exact) mass is 586 g/mol. The number of aliphatic carboxylic acids is 1. The number of hydrogen-bond donors (Lipinski definition) is 1. The van der Waals surface area contributed by atoms with Crippen LogP contribution in [0.15, 0.2) is 48.6 Å². The van der Waals surface area contributed by atoms with Gasteiger partial charge in [0.15, 0.2) is 0 Å². The number of esters is 1. The maximum Gasteiger partial charge on any atom is 0.306 e. The molecular weight excluding hydrogens is 520 g/mol. The van der Waals surface area contributed by atoms with Gasteiger partial charge in [-0.25, -0.2) is 0 Å². The molecule has 0 heterocycles. The number of carbonyl (C=O) groups excluding carboxylic acids is 1. The number of unbranched alkanes of at least 4 members (excludes halogenated alkanes) is 14. The molecule has 0 aromatic heterocycles. The Balaban J connectivity index is 3.95. The molecule has 1 atom stereocenters. The van der Waals surface area contributed by atoms with Gasteiger partial charge in [0.2, 0.25) is 0 Å². The number of allylic oxidation sites excluding steroid dienone is 8. The van der Waals surface area contributed by atoms with Gasteiger partial charge in [-0.3, -0.25) is 9.59 Å². The van der Waals surface area contributed by atoms with E-state index in [1.807, 2.05) is 0 Å². The van der Waals surface area contributed by atoms with Crippen LogP contribution in [-0.2, 0) is 14.3 Å². The summed E-state index contributed by atoms with van der Waals surface area (Å²) in [7, 11) is 0. The molecule has 0 saturated carbocycles. The van der Waals surface area contributed by atoms with E-state index in [0.29, 0.717) is 12.8 Å². The molecule has 0 saturated heterocycles. The van der Waals surface area contributed by atoms with Crippen LogP contribution in [0.5, 0.6) is 0 Å². The van der Waals surface area contributed by atoms with Crippen molar-refractivity contribution in [3.8, 4) is 0 Å². The van der Waals surface area contributed by atoms with Crippen LogP contribution in [0.2, 0.25) is 0 Å². The van der Waals surface area contributed by atoms with Crippen molar-refractivity contribution < 1.29 is 19.4 Å². The van der Waals surface area contributed by atoms with Crippen LogP contribution in [-0.4, -0.2) is 23.1 Å². The van der Waals surface area contributed by atoms with Gasteiger partial charge in [0, 0.05) is 12.8 Å². The largest absolute Gasteiger partial charge is 0.481 e. The van der Waals surface area contributed by atoms with Crippen molar-refractivity contribution in [3.05, 3.63) is 48.6 Å². The predicted molar refractivity (Wildman–Crippen MR) is 181 cm³/mol. The fourth-order valence-electron chi connectivity index (χ4n) is 5.00. The number of hydrogen-bond acceptors (Lipinski definition) is 3. The molecule has 0 aliphatic heterocycles. The second kappa shape index (κ2) is 33.4. The minimum absolute atomic E-state index is 0.0102. The van der Waals surface area contributed by atoms with Crippen molar-refractivity contribution in [1.82, 2.24) is 0 Å². The van der Waals surface area contributed by atoms with E-state index in [4.69, 9.17) is 9.84 Å². The molecule has 0 aromatic rings. The highest BCUT2D eigenvalue weighted by atomic mass is 16.5. The first kappa shape index (κ1) is 39.9. The lowest BCUT2D eigenvalue weighted by molar-refractivity contribution is -0.150. The first-order valence-electron chi connectivity index (χ1n) is 17.6. The van der Waals surface area contributed by atoms with Crippen molar-refractivity contribution >= 4 is 11.9 Å². The predicted octanol–water partition coefficient (Wildman–Crippen LogP) is 12.0. The molecule has 1 unspecified atom stereocenters. The summed E-state index contributed by atoms with van der Waals surface area (Å²) in [6.07, 6.45) is 44.3. The van der Waals surface area contributed by atoms with Crippen LogP contribution in [0.4, 0.5) is 0 Å². The lowest BCUT2D eigenvalue weighted by atomic mass is 10.0. The molecule has 0 bridgehead atoms. The van der Waals surface area contributed by atoms with E-state index in [2.05, 4.69) is 62.5 Å². The normalized spacial score (nSPS) is 12.8. The van der Waals surface area contributed by atoms with Crippen LogP contribution in [0, 0.1) is 0 Å². The Labute approximate surface area is 260 Å². The second-order valence-corrected chi connectivity index (χ2v) is 11.7. The Kier molecular flexibility index (Phi) is 31.7. The molecule has 0 radical (unpaired) electrons. The summed E-state index contributed by atoms with van der Waals surface area (Å²) >= 11 is 0. The molecule has 0 aliphatic carbocycles. The van der Waals surface area contributed by atoms with Gasteiger partial charge in [0.25, 0.3) is 0 Å². The third-order valence-corrected chi connectivity index (χ3v) is 7.57. The van der Waals surface area contributed by atoms with Gasteiger partial charge in [-0.1, -0.05) is 133 Å². The third-order valence-electron chi connectivity index (χ3n) is 7.57. The summed E-state index contributed by atoms with van der Waals surface area (Å²) in [6.45, 7) is 4.39. The molecule has 4 nitrogen and oxygen atoms in total. The molecule has 0 rings (SSSR count). The third kappa shape index (κ3) is 32.4. The zero-order chi connectivity index (χ0) is 30.8. The first-order chi connectivity index (χ1) is 20.6. The molecule has 0 fully saturated rings. The zero-order valence-corrected chi connectivity index (χ0v) is 27.5. The van der Waals surface area contributed by atoms with E-state index in [1.165, 1.54) is 57.8 Å². The molecule has 4 heteroatoms. The van der Waals surface area contributed by atoms with Crippen molar-refractivity contribution in [2.75, 3.05) is 0 Å². The van der Waals surface area contributed by atoms with Crippen molar-refractivity contribution in [2.45, 2.75) is 180 Å². The van der Waals surface area contributed by atoms with Crippen molar-refractivity contribution in [1.29, 1.82) is 0 Å². The highest BCUT2D eigenvalue weighted by Crippen LogP contribution is 2.18. The van der Waals surface area contributed by atoms with Crippen LogP contribution in [0.1, 0.15) is 174 Å². The van der Waals surface area contributed by atoms with Crippen LogP contribution < -0.4 is 0 Å². The Morgan fingerprint density at radius 3 is 1.52 bits per heavy atom. The average Bonchev–Trinajstić information content (AvgIpc) is 2.97. The molecular formula is C38H66O4. The lowest BCUT2D eigenvalue weighted by Gasteiger charge is -2.18. The Bertz CT molecular complexity index is 719. The highest BCUT2D eigenvalue weighted by molar-refractivity contribution is 5.69. The van der Waals surface area contributed by atoms with E-state index in [9.17, 15) is 9.59 Å². The minimum atomic E-state index is -0.679. The Morgan fingerprint density at radius 1 is 0.548 bits per heavy atom. The van der Waals surface area contributed by atoms with Crippen LogP contribution >= 0.6 is 0 Å².